The van der Waals surface area contributed by atoms with E-state index in [0.29, 0.717) is 0 Å². The molecule has 0 fully saturated rings. The molecule has 0 amide bonds. The molecule has 9 nitrogen and oxygen atoms in total. The molecular formula is C5H6N3O6PS. The highest BCUT2D eigenvalue weighted by atomic mass is 32.5. The Morgan fingerprint density at radius 3 is 2.06 bits per heavy atom. The van der Waals surface area contributed by atoms with Gasteiger partial charge in [0.05, 0.1) is 6.61 Å². The summed E-state index contributed by atoms with van der Waals surface area (Å²) in [6, 6.07) is 0. The van der Waals surface area contributed by atoms with Crippen molar-refractivity contribution in [2.75, 3.05) is 6.61 Å². The van der Waals surface area contributed by atoms with Crippen molar-refractivity contribution in [2.45, 2.75) is 6.92 Å². The standard InChI is InChI=1S/C5H6N3O6PS/c1-2-12-15(13-6-3-9,14-7-4-10)16-8-5-11/h16H,2H2,1H3. The van der Waals surface area contributed by atoms with Gasteiger partial charge in [-0.2, -0.15) is 0 Å². The fourth-order valence-electron chi connectivity index (χ4n) is 0.493. The summed E-state index contributed by atoms with van der Waals surface area (Å²) in [5.41, 5.74) is 0. The average molecular weight is 267 g/mol. The number of rotatable bonds is 7. The molecule has 0 aromatic rings. The fourth-order valence-corrected chi connectivity index (χ4v) is 2.83. The fraction of sp³-hybridized carbons (Fsp3) is 0.400. The summed E-state index contributed by atoms with van der Waals surface area (Å²) in [6.45, 7) is -1.69. The number of carbonyl (C=O) groups excluding carboxylic acids is 3. The molecule has 0 aliphatic carbocycles. The van der Waals surface area contributed by atoms with Crippen LogP contribution in [0.5, 0.6) is 0 Å². The van der Waals surface area contributed by atoms with Crippen LogP contribution in [0.4, 0.5) is 0 Å². The van der Waals surface area contributed by atoms with E-state index in [4.69, 9.17) is 4.52 Å². The Morgan fingerprint density at radius 1 is 1.12 bits per heavy atom. The lowest BCUT2D eigenvalue weighted by Crippen LogP contribution is -1.94. The Morgan fingerprint density at radius 2 is 1.69 bits per heavy atom. The molecule has 16 heavy (non-hydrogen) atoms. The molecule has 0 saturated carbocycles. The van der Waals surface area contributed by atoms with Gasteiger partial charge in [-0.1, -0.05) is 0 Å². The van der Waals surface area contributed by atoms with Crippen LogP contribution in [-0.2, 0) is 39.3 Å². The Kier molecular flexibility index (Phi) is 7.93. The van der Waals surface area contributed by atoms with E-state index in [9.17, 15) is 14.4 Å². The zero-order valence-corrected chi connectivity index (χ0v) is 9.68. The van der Waals surface area contributed by atoms with Gasteiger partial charge in [0.2, 0.25) is 6.08 Å². The van der Waals surface area contributed by atoms with Crippen LogP contribution in [0, 0.1) is 0 Å². The second-order valence-corrected chi connectivity index (χ2v) is 5.60. The normalized spacial score (nSPS) is 12.1. The maximum Gasteiger partial charge on any atom is 0.452 e. The Balaban J connectivity index is 5.24. The van der Waals surface area contributed by atoms with Gasteiger partial charge in [0.25, 0.3) is 12.2 Å². The third kappa shape index (κ3) is 5.38. The van der Waals surface area contributed by atoms with Crippen LogP contribution in [0.25, 0.3) is 0 Å². The van der Waals surface area contributed by atoms with Crippen LogP contribution in [0.2, 0.25) is 0 Å². The number of nitrogens with zero attached hydrogens (tertiary/aromatic N) is 3. The van der Waals surface area contributed by atoms with E-state index < -0.39 is 6.72 Å². The van der Waals surface area contributed by atoms with Crippen molar-refractivity contribution in [3.63, 3.8) is 0 Å². The van der Waals surface area contributed by atoms with Gasteiger partial charge in [0, 0.05) is 21.4 Å². The van der Waals surface area contributed by atoms with E-state index in [1.165, 1.54) is 6.08 Å². The number of thiol groups is 1. The molecule has 0 aromatic carbocycles. The Labute approximate surface area is 93.1 Å². The van der Waals surface area contributed by atoms with Crippen molar-refractivity contribution in [3.05, 3.63) is 0 Å². The molecule has 0 spiro atoms. The van der Waals surface area contributed by atoms with Crippen molar-refractivity contribution < 1.29 is 28.2 Å². The molecule has 0 heterocycles. The van der Waals surface area contributed by atoms with Crippen LogP contribution in [0.3, 0.4) is 0 Å². The molecule has 0 aliphatic heterocycles. The number of hydrogen-bond acceptors (Lipinski definition) is 8. The highest BCUT2D eigenvalue weighted by molar-refractivity contribution is 8.16. The van der Waals surface area contributed by atoms with E-state index in [1.54, 1.807) is 6.92 Å². The molecule has 0 atom stereocenters. The van der Waals surface area contributed by atoms with Crippen LogP contribution in [0.15, 0.2) is 14.7 Å². The first-order valence-corrected chi connectivity index (χ1v) is 6.69. The third-order valence-electron chi connectivity index (χ3n) is 0.850. The molecule has 0 N–H and O–H groups in total. The van der Waals surface area contributed by atoms with Crippen LogP contribution >= 0.6 is 6.72 Å². The molecule has 0 unspecified atom stereocenters. The van der Waals surface area contributed by atoms with E-state index in [-0.39, 0.29) is 17.7 Å². The van der Waals surface area contributed by atoms with Gasteiger partial charge in [-0.25, -0.2) is 14.4 Å². The summed E-state index contributed by atoms with van der Waals surface area (Å²) in [6.07, 6.45) is 3.34. The number of hydrogen-bond donors (Lipinski definition) is 1. The van der Waals surface area contributed by atoms with Crippen molar-refractivity contribution in [3.8, 4) is 0 Å². The van der Waals surface area contributed by atoms with Gasteiger partial charge in [0.1, 0.15) is 0 Å². The minimum absolute atomic E-state index is 0.0951. The lowest BCUT2D eigenvalue weighted by Gasteiger charge is -2.14. The summed E-state index contributed by atoms with van der Waals surface area (Å²) in [5, 5.41) is 5.55. The first-order valence-electron chi connectivity index (χ1n) is 3.59. The first kappa shape index (κ1) is 14.5. The molecule has 0 aliphatic rings. The summed E-state index contributed by atoms with van der Waals surface area (Å²) in [4.78, 5) is 29.7. The van der Waals surface area contributed by atoms with E-state index in [0.717, 1.165) is 12.2 Å². The summed E-state index contributed by atoms with van der Waals surface area (Å²) in [5.74, 6) is 0. The zero-order chi connectivity index (χ0) is 12.3. The molecule has 0 rings (SSSR count). The molecule has 0 radical (unpaired) electrons. The minimum Gasteiger partial charge on any atom is -0.294 e. The second-order valence-electron chi connectivity index (χ2n) is 1.70. The van der Waals surface area contributed by atoms with Crippen molar-refractivity contribution in [2.24, 2.45) is 14.7 Å². The molecule has 0 saturated heterocycles. The smallest absolute Gasteiger partial charge is 0.294 e. The monoisotopic (exact) mass is 267 g/mol. The topological polar surface area (TPSA) is 116 Å². The van der Waals surface area contributed by atoms with E-state index in [2.05, 4.69) is 24.0 Å². The Hall–Kier alpha value is -1.52. The average Bonchev–Trinajstić information content (AvgIpc) is 2.31. The Bertz CT molecular complexity index is 396. The SMILES string of the molecule is CCOP(ON=C=O)(ON=C=O)=[SH]N=C=O. The third-order valence-corrected chi connectivity index (χ3v) is 4.11. The predicted octanol–water partition coefficient (Wildman–Crippen LogP) is 0.301. The van der Waals surface area contributed by atoms with E-state index >= 15 is 0 Å². The van der Waals surface area contributed by atoms with Gasteiger partial charge >= 0.3 is 6.72 Å². The van der Waals surface area contributed by atoms with Gasteiger partial charge in [-0.05, 0) is 6.92 Å². The molecule has 0 aromatic heterocycles. The summed E-state index contributed by atoms with van der Waals surface area (Å²) < 4.78 is 17.2. The van der Waals surface area contributed by atoms with Gasteiger partial charge in [-0.3, -0.25) is 13.8 Å². The predicted molar refractivity (Wildman–Crippen MR) is 53.8 cm³/mol. The molecule has 11 heteroatoms. The van der Waals surface area contributed by atoms with Gasteiger partial charge in [0.15, 0.2) is 0 Å². The van der Waals surface area contributed by atoms with E-state index in [1.807, 2.05) is 0 Å². The maximum atomic E-state index is 9.94. The highest BCUT2D eigenvalue weighted by Crippen LogP contribution is 2.52. The molecule has 0 bridgehead atoms. The second kappa shape index (κ2) is 8.76. The van der Waals surface area contributed by atoms with Crippen LogP contribution in [-0.4, -0.2) is 24.8 Å². The number of isocyanates is 3. The lowest BCUT2D eigenvalue weighted by atomic mass is 10.9. The zero-order valence-electron chi connectivity index (χ0n) is 7.89. The van der Waals surface area contributed by atoms with Crippen molar-refractivity contribution in [1.82, 2.24) is 0 Å². The van der Waals surface area contributed by atoms with Gasteiger partial charge in [-0.15, -0.1) is 4.40 Å². The maximum absolute atomic E-state index is 9.94. The molecule has 88 valence electrons. The van der Waals surface area contributed by atoms with Crippen molar-refractivity contribution >= 4 is 36.1 Å². The van der Waals surface area contributed by atoms with Crippen LogP contribution in [0.1, 0.15) is 6.92 Å². The summed E-state index contributed by atoms with van der Waals surface area (Å²) >= 11 is -0.153. The summed E-state index contributed by atoms with van der Waals surface area (Å²) in [7, 11) is 0. The largest absolute Gasteiger partial charge is 0.452 e. The molecular weight excluding hydrogens is 261 g/mol. The first-order chi connectivity index (χ1) is 7.74. The quantitative estimate of drug-likeness (QED) is 0.233. The van der Waals surface area contributed by atoms with Crippen molar-refractivity contribution in [1.29, 1.82) is 0 Å². The minimum atomic E-state index is -3.36. The highest BCUT2D eigenvalue weighted by Gasteiger charge is 2.25. The van der Waals surface area contributed by atoms with Gasteiger partial charge < -0.3 is 0 Å². The van der Waals surface area contributed by atoms with Crippen LogP contribution < -0.4 is 0 Å². The lowest BCUT2D eigenvalue weighted by molar-refractivity contribution is 0.169.